The van der Waals surface area contributed by atoms with E-state index in [2.05, 4.69) is 0 Å². The Morgan fingerprint density at radius 1 is 1.32 bits per heavy atom. The number of aromatic nitrogens is 1. The maximum absolute atomic E-state index is 12.5. The molecule has 2 aromatic rings. The van der Waals surface area contributed by atoms with Crippen LogP contribution in [0, 0.1) is 5.92 Å². The van der Waals surface area contributed by atoms with Crippen molar-refractivity contribution in [2.45, 2.75) is 25.7 Å². The number of Topliss-reactive ketones (excluding diaryl/α,β-unsaturated/α-hetero) is 1. The molecule has 0 amide bonds. The molecule has 0 N–H and O–H groups in total. The van der Waals surface area contributed by atoms with E-state index in [9.17, 15) is 14.4 Å². The minimum absolute atomic E-state index is 0.161. The zero-order valence-corrected chi connectivity index (χ0v) is 12.4. The number of hydrogen-bond acceptors (Lipinski definition) is 4. The van der Waals surface area contributed by atoms with Crippen LogP contribution in [0.4, 0.5) is 0 Å². The molecular formula is C17H17NO4. The third-order valence-electron chi connectivity index (χ3n) is 4.24. The first-order valence-electron chi connectivity index (χ1n) is 7.36. The lowest BCUT2D eigenvalue weighted by molar-refractivity contribution is -0.120. The van der Waals surface area contributed by atoms with E-state index in [4.69, 9.17) is 4.74 Å². The van der Waals surface area contributed by atoms with Crippen molar-refractivity contribution in [2.24, 2.45) is 5.92 Å². The van der Waals surface area contributed by atoms with Gasteiger partial charge in [-0.25, -0.2) is 4.79 Å². The third-order valence-corrected chi connectivity index (χ3v) is 4.24. The number of fused-ring (bicyclic) bond motifs is 1. The molecule has 5 nitrogen and oxygen atoms in total. The lowest BCUT2D eigenvalue weighted by Crippen LogP contribution is -2.17. The van der Waals surface area contributed by atoms with Crippen molar-refractivity contribution in [3.63, 3.8) is 0 Å². The molecule has 1 unspecified atom stereocenters. The molecule has 114 valence electrons. The summed E-state index contributed by atoms with van der Waals surface area (Å²) in [6.45, 7) is 0. The van der Waals surface area contributed by atoms with Gasteiger partial charge < -0.3 is 4.74 Å². The zero-order valence-electron chi connectivity index (χ0n) is 12.4. The lowest BCUT2D eigenvalue weighted by Gasteiger charge is -2.08. The van der Waals surface area contributed by atoms with Crippen LogP contribution in [0.2, 0.25) is 0 Å². The molecule has 1 atom stereocenters. The van der Waals surface area contributed by atoms with Gasteiger partial charge in [0.15, 0.2) is 0 Å². The number of benzene rings is 1. The molecule has 1 aliphatic rings. The van der Waals surface area contributed by atoms with E-state index in [1.165, 1.54) is 17.9 Å². The molecule has 1 aromatic carbocycles. The normalized spacial score (nSPS) is 17.9. The van der Waals surface area contributed by atoms with Crippen molar-refractivity contribution in [2.75, 3.05) is 7.11 Å². The van der Waals surface area contributed by atoms with Crippen LogP contribution in [0.25, 0.3) is 10.9 Å². The van der Waals surface area contributed by atoms with Crippen LogP contribution in [-0.4, -0.2) is 29.3 Å². The minimum Gasteiger partial charge on any atom is -0.465 e. The van der Waals surface area contributed by atoms with Gasteiger partial charge in [-0.1, -0.05) is 18.2 Å². The van der Waals surface area contributed by atoms with Crippen LogP contribution < -0.4 is 0 Å². The Balaban J connectivity index is 1.98. The first-order valence-corrected chi connectivity index (χ1v) is 7.36. The first-order chi connectivity index (χ1) is 10.6. The second-order valence-electron chi connectivity index (χ2n) is 5.57. The molecule has 1 heterocycles. The van der Waals surface area contributed by atoms with Crippen molar-refractivity contribution in [3.8, 4) is 0 Å². The number of nitrogens with zero attached hydrogens (tertiary/aromatic N) is 1. The SMILES string of the molecule is COC(=O)c1cn(C(=O)CC2CCCC2=O)c2ccccc12. The molecule has 1 aromatic heterocycles. The lowest BCUT2D eigenvalue weighted by atomic mass is 10.0. The van der Waals surface area contributed by atoms with Crippen molar-refractivity contribution < 1.29 is 19.1 Å². The number of carbonyl (C=O) groups excluding carboxylic acids is 3. The number of hydrogen-bond donors (Lipinski definition) is 0. The van der Waals surface area contributed by atoms with E-state index in [0.29, 0.717) is 22.9 Å². The van der Waals surface area contributed by atoms with Gasteiger partial charge in [0.1, 0.15) is 5.78 Å². The van der Waals surface area contributed by atoms with E-state index in [-0.39, 0.29) is 24.0 Å². The Labute approximate surface area is 127 Å². The molecule has 0 spiro atoms. The number of ether oxygens (including phenoxy) is 1. The Morgan fingerprint density at radius 2 is 2.09 bits per heavy atom. The summed E-state index contributed by atoms with van der Waals surface area (Å²) in [5.74, 6) is -0.653. The van der Waals surface area contributed by atoms with Crippen LogP contribution in [0.3, 0.4) is 0 Å². The highest BCUT2D eigenvalue weighted by atomic mass is 16.5. The van der Waals surface area contributed by atoms with E-state index in [1.54, 1.807) is 12.1 Å². The Kier molecular flexibility index (Phi) is 3.79. The van der Waals surface area contributed by atoms with Gasteiger partial charge in [-0.3, -0.25) is 14.2 Å². The molecule has 22 heavy (non-hydrogen) atoms. The van der Waals surface area contributed by atoms with Gasteiger partial charge in [0.25, 0.3) is 0 Å². The minimum atomic E-state index is -0.473. The molecule has 0 bridgehead atoms. The van der Waals surface area contributed by atoms with Crippen LogP contribution in [0.1, 0.15) is 40.8 Å². The van der Waals surface area contributed by atoms with E-state index in [1.807, 2.05) is 12.1 Å². The summed E-state index contributed by atoms with van der Waals surface area (Å²) in [6, 6.07) is 7.19. The van der Waals surface area contributed by atoms with Gasteiger partial charge in [-0.05, 0) is 18.9 Å². The number of rotatable bonds is 3. The fraction of sp³-hybridized carbons (Fsp3) is 0.353. The van der Waals surface area contributed by atoms with Crippen molar-refractivity contribution >= 4 is 28.6 Å². The zero-order chi connectivity index (χ0) is 15.7. The van der Waals surface area contributed by atoms with Crippen molar-refractivity contribution in [1.82, 2.24) is 4.57 Å². The Hall–Kier alpha value is -2.43. The Bertz CT molecular complexity index is 759. The van der Waals surface area contributed by atoms with Gasteiger partial charge in [-0.15, -0.1) is 0 Å². The highest BCUT2D eigenvalue weighted by Crippen LogP contribution is 2.27. The van der Waals surface area contributed by atoms with Crippen LogP contribution in [0.15, 0.2) is 30.5 Å². The molecule has 0 saturated heterocycles. The smallest absolute Gasteiger partial charge is 0.340 e. The molecule has 1 fully saturated rings. The van der Waals surface area contributed by atoms with Crippen LogP contribution >= 0.6 is 0 Å². The molecule has 0 radical (unpaired) electrons. The predicted octanol–water partition coefficient (Wildman–Crippen LogP) is 2.83. The summed E-state index contributed by atoms with van der Waals surface area (Å²) in [4.78, 5) is 36.1. The van der Waals surface area contributed by atoms with E-state index < -0.39 is 5.97 Å². The highest BCUT2D eigenvalue weighted by Gasteiger charge is 2.28. The fourth-order valence-corrected chi connectivity index (χ4v) is 3.07. The summed E-state index contributed by atoms with van der Waals surface area (Å²) in [5.41, 5.74) is 1.03. The second-order valence-corrected chi connectivity index (χ2v) is 5.57. The van der Waals surface area contributed by atoms with Gasteiger partial charge in [-0.2, -0.15) is 0 Å². The third kappa shape index (κ3) is 2.43. The highest BCUT2D eigenvalue weighted by molar-refractivity contribution is 6.07. The van der Waals surface area contributed by atoms with Crippen LogP contribution in [0.5, 0.6) is 0 Å². The number of ketones is 1. The summed E-state index contributed by atoms with van der Waals surface area (Å²) in [6.07, 6.45) is 3.90. The van der Waals surface area contributed by atoms with Crippen molar-refractivity contribution in [3.05, 3.63) is 36.0 Å². The summed E-state index contributed by atoms with van der Waals surface area (Å²) >= 11 is 0. The fourth-order valence-electron chi connectivity index (χ4n) is 3.07. The number of carbonyl (C=O) groups is 3. The average molecular weight is 299 g/mol. The Morgan fingerprint density at radius 3 is 2.77 bits per heavy atom. The van der Waals surface area contributed by atoms with Crippen LogP contribution in [-0.2, 0) is 9.53 Å². The van der Waals surface area contributed by atoms with E-state index >= 15 is 0 Å². The van der Waals surface area contributed by atoms with Gasteiger partial charge in [0.2, 0.25) is 5.91 Å². The van der Waals surface area contributed by atoms with Gasteiger partial charge >= 0.3 is 5.97 Å². The molecule has 0 aliphatic heterocycles. The number of esters is 1. The van der Waals surface area contributed by atoms with E-state index in [0.717, 1.165) is 12.8 Å². The average Bonchev–Trinajstić information content (AvgIpc) is 3.11. The maximum Gasteiger partial charge on any atom is 0.340 e. The van der Waals surface area contributed by atoms with Gasteiger partial charge in [0.05, 0.1) is 18.2 Å². The summed E-state index contributed by atoms with van der Waals surface area (Å²) < 4.78 is 6.24. The monoisotopic (exact) mass is 299 g/mol. The second kappa shape index (κ2) is 5.75. The largest absolute Gasteiger partial charge is 0.465 e. The molecule has 3 rings (SSSR count). The molecule has 1 saturated carbocycles. The predicted molar refractivity (Wildman–Crippen MR) is 80.9 cm³/mol. The quantitative estimate of drug-likeness (QED) is 0.817. The summed E-state index contributed by atoms with van der Waals surface area (Å²) in [5, 5.41) is 0.681. The molecule has 5 heteroatoms. The van der Waals surface area contributed by atoms with Gasteiger partial charge in [0, 0.05) is 30.3 Å². The molecular weight excluding hydrogens is 282 g/mol. The molecule has 1 aliphatic carbocycles. The maximum atomic E-state index is 12.5. The number of para-hydroxylation sites is 1. The topological polar surface area (TPSA) is 65.4 Å². The standard InChI is InChI=1S/C17H17NO4/c1-22-17(21)13-10-18(14-7-3-2-6-12(13)14)16(20)9-11-5-4-8-15(11)19/h2-3,6-7,10-11H,4-5,8-9H2,1H3. The first kappa shape index (κ1) is 14.5. The summed E-state index contributed by atoms with van der Waals surface area (Å²) in [7, 11) is 1.31. The van der Waals surface area contributed by atoms with Crippen molar-refractivity contribution in [1.29, 1.82) is 0 Å². The number of methoxy groups -OCH3 is 1.